The highest BCUT2D eigenvalue weighted by atomic mass is 16.5. The van der Waals surface area contributed by atoms with Crippen LogP contribution in [-0.4, -0.2) is 25.3 Å². The van der Waals surface area contributed by atoms with Gasteiger partial charge in [0, 0.05) is 12.6 Å². The summed E-state index contributed by atoms with van der Waals surface area (Å²) in [5.41, 5.74) is 1.31. The molecule has 0 radical (unpaired) electrons. The lowest BCUT2D eigenvalue weighted by Gasteiger charge is -2.31. The topological polar surface area (TPSA) is 21.3 Å². The molecule has 102 valence electrons. The lowest BCUT2D eigenvalue weighted by Crippen LogP contribution is -2.44. The van der Waals surface area contributed by atoms with Crippen molar-refractivity contribution in [2.45, 2.75) is 66.0 Å². The molecular weight excluding hydrogens is 210 g/mol. The van der Waals surface area contributed by atoms with Gasteiger partial charge in [-0.1, -0.05) is 39.8 Å². The van der Waals surface area contributed by atoms with E-state index in [0.29, 0.717) is 12.0 Å². The predicted molar refractivity (Wildman–Crippen MR) is 76.4 cm³/mol. The molecule has 2 nitrogen and oxygen atoms in total. The summed E-state index contributed by atoms with van der Waals surface area (Å²) in [5.74, 6) is 0.536. The number of hydrogen-bond acceptors (Lipinski definition) is 2. The molecule has 0 fully saturated rings. The SMILES string of the molecule is C=C(CC)CC(NCCC)C(OCC)C(C)C. The van der Waals surface area contributed by atoms with Crippen molar-refractivity contribution in [2.24, 2.45) is 5.92 Å². The summed E-state index contributed by atoms with van der Waals surface area (Å²) in [7, 11) is 0. The molecule has 0 saturated heterocycles. The van der Waals surface area contributed by atoms with Crippen molar-refractivity contribution < 1.29 is 4.74 Å². The highest BCUT2D eigenvalue weighted by Crippen LogP contribution is 2.18. The van der Waals surface area contributed by atoms with Crippen molar-refractivity contribution in [3.05, 3.63) is 12.2 Å². The zero-order chi connectivity index (χ0) is 13.3. The summed E-state index contributed by atoms with van der Waals surface area (Å²) < 4.78 is 5.90. The molecular formula is C15H31NO. The van der Waals surface area contributed by atoms with Crippen LogP contribution in [0.2, 0.25) is 0 Å². The molecule has 0 saturated carbocycles. The standard InChI is InChI=1S/C15H31NO/c1-7-10-16-14(11-13(6)8-2)15(12(4)5)17-9-3/h12,14-16H,6-11H2,1-5H3. The Morgan fingerprint density at radius 2 is 1.88 bits per heavy atom. The van der Waals surface area contributed by atoms with Gasteiger partial charge < -0.3 is 10.1 Å². The summed E-state index contributed by atoms with van der Waals surface area (Å²) in [6.45, 7) is 16.9. The minimum absolute atomic E-state index is 0.287. The van der Waals surface area contributed by atoms with Gasteiger partial charge in [-0.05, 0) is 38.6 Å². The Kier molecular flexibility index (Phi) is 9.47. The molecule has 17 heavy (non-hydrogen) atoms. The average Bonchev–Trinajstić information content (AvgIpc) is 2.31. The fourth-order valence-corrected chi connectivity index (χ4v) is 2.06. The van der Waals surface area contributed by atoms with Gasteiger partial charge in [-0.3, -0.25) is 0 Å². The maximum Gasteiger partial charge on any atom is 0.0753 e. The van der Waals surface area contributed by atoms with E-state index in [4.69, 9.17) is 4.74 Å². The first-order valence-corrected chi connectivity index (χ1v) is 7.08. The van der Waals surface area contributed by atoms with Gasteiger partial charge in [0.25, 0.3) is 0 Å². The number of rotatable bonds is 10. The van der Waals surface area contributed by atoms with Crippen LogP contribution in [-0.2, 0) is 4.74 Å². The van der Waals surface area contributed by atoms with Gasteiger partial charge in [-0.2, -0.15) is 0 Å². The monoisotopic (exact) mass is 241 g/mol. The van der Waals surface area contributed by atoms with E-state index in [2.05, 4.69) is 46.5 Å². The smallest absolute Gasteiger partial charge is 0.0753 e. The van der Waals surface area contributed by atoms with Crippen LogP contribution in [0.1, 0.15) is 53.9 Å². The lowest BCUT2D eigenvalue weighted by molar-refractivity contribution is 0.00353. The molecule has 0 amide bonds. The third kappa shape index (κ3) is 6.85. The van der Waals surface area contributed by atoms with Gasteiger partial charge in [0.15, 0.2) is 0 Å². The molecule has 0 bridgehead atoms. The second-order valence-electron chi connectivity index (χ2n) is 5.03. The third-order valence-electron chi connectivity index (χ3n) is 3.08. The molecule has 0 aliphatic rings. The second-order valence-corrected chi connectivity index (χ2v) is 5.03. The minimum Gasteiger partial charge on any atom is -0.377 e. The number of hydrogen-bond donors (Lipinski definition) is 1. The second kappa shape index (κ2) is 9.67. The fourth-order valence-electron chi connectivity index (χ4n) is 2.06. The Hall–Kier alpha value is -0.340. The number of nitrogens with one attached hydrogen (secondary N) is 1. The van der Waals surface area contributed by atoms with Crippen LogP contribution in [0.25, 0.3) is 0 Å². The highest BCUT2D eigenvalue weighted by Gasteiger charge is 2.24. The fraction of sp³-hybridized carbons (Fsp3) is 0.867. The quantitative estimate of drug-likeness (QED) is 0.588. The molecule has 0 aromatic carbocycles. The summed E-state index contributed by atoms with van der Waals surface area (Å²) in [6, 6.07) is 0.405. The van der Waals surface area contributed by atoms with Gasteiger partial charge in [0.1, 0.15) is 0 Å². The Bertz CT molecular complexity index is 201. The summed E-state index contributed by atoms with van der Waals surface area (Å²) in [6.07, 6.45) is 3.53. The normalized spacial score (nSPS) is 14.9. The molecule has 0 aliphatic carbocycles. The summed E-state index contributed by atoms with van der Waals surface area (Å²) in [5, 5.41) is 3.62. The molecule has 2 unspecified atom stereocenters. The van der Waals surface area contributed by atoms with E-state index < -0.39 is 0 Å². The van der Waals surface area contributed by atoms with Crippen LogP contribution in [0.4, 0.5) is 0 Å². The van der Waals surface area contributed by atoms with Crippen molar-refractivity contribution in [3.63, 3.8) is 0 Å². The van der Waals surface area contributed by atoms with E-state index >= 15 is 0 Å². The Labute approximate surface area is 108 Å². The zero-order valence-electron chi connectivity index (χ0n) is 12.4. The van der Waals surface area contributed by atoms with E-state index in [1.165, 1.54) is 5.57 Å². The average molecular weight is 241 g/mol. The van der Waals surface area contributed by atoms with Crippen LogP contribution >= 0.6 is 0 Å². The first-order chi connectivity index (χ1) is 8.06. The van der Waals surface area contributed by atoms with Crippen LogP contribution in [0, 0.1) is 5.92 Å². The van der Waals surface area contributed by atoms with Crippen molar-refractivity contribution >= 4 is 0 Å². The molecule has 0 spiro atoms. The minimum atomic E-state index is 0.287. The zero-order valence-corrected chi connectivity index (χ0v) is 12.4. The third-order valence-corrected chi connectivity index (χ3v) is 3.08. The van der Waals surface area contributed by atoms with Crippen molar-refractivity contribution in [1.82, 2.24) is 5.32 Å². The van der Waals surface area contributed by atoms with E-state index in [9.17, 15) is 0 Å². The summed E-state index contributed by atoms with van der Waals surface area (Å²) in [4.78, 5) is 0. The Morgan fingerprint density at radius 1 is 1.24 bits per heavy atom. The molecule has 0 heterocycles. The largest absolute Gasteiger partial charge is 0.377 e. The summed E-state index contributed by atoms with van der Waals surface area (Å²) >= 11 is 0. The van der Waals surface area contributed by atoms with Crippen LogP contribution in [0.15, 0.2) is 12.2 Å². The van der Waals surface area contributed by atoms with Crippen molar-refractivity contribution in [2.75, 3.05) is 13.2 Å². The Balaban J connectivity index is 4.53. The molecule has 2 heteroatoms. The van der Waals surface area contributed by atoms with Gasteiger partial charge in [0.2, 0.25) is 0 Å². The molecule has 0 aromatic heterocycles. The first kappa shape index (κ1) is 16.7. The van der Waals surface area contributed by atoms with Gasteiger partial charge >= 0.3 is 0 Å². The highest BCUT2D eigenvalue weighted by molar-refractivity contribution is 4.99. The van der Waals surface area contributed by atoms with Crippen molar-refractivity contribution in [1.29, 1.82) is 0 Å². The van der Waals surface area contributed by atoms with E-state index in [1.54, 1.807) is 0 Å². The van der Waals surface area contributed by atoms with Crippen LogP contribution in [0.5, 0.6) is 0 Å². The molecule has 0 aliphatic heterocycles. The molecule has 0 aromatic rings. The van der Waals surface area contributed by atoms with E-state index in [0.717, 1.165) is 32.4 Å². The van der Waals surface area contributed by atoms with Crippen LogP contribution < -0.4 is 5.32 Å². The van der Waals surface area contributed by atoms with Gasteiger partial charge in [-0.25, -0.2) is 0 Å². The lowest BCUT2D eigenvalue weighted by atomic mass is 9.93. The Morgan fingerprint density at radius 3 is 2.29 bits per heavy atom. The predicted octanol–water partition coefficient (Wildman–Crippen LogP) is 3.77. The molecule has 1 N–H and O–H groups in total. The van der Waals surface area contributed by atoms with Gasteiger partial charge in [-0.15, -0.1) is 0 Å². The maximum absolute atomic E-state index is 5.90. The van der Waals surface area contributed by atoms with Crippen LogP contribution in [0.3, 0.4) is 0 Å². The van der Waals surface area contributed by atoms with E-state index in [-0.39, 0.29) is 6.10 Å². The van der Waals surface area contributed by atoms with E-state index in [1.807, 2.05) is 0 Å². The maximum atomic E-state index is 5.90. The van der Waals surface area contributed by atoms with Gasteiger partial charge in [0.05, 0.1) is 6.10 Å². The first-order valence-electron chi connectivity index (χ1n) is 7.08. The molecule has 2 atom stereocenters. The van der Waals surface area contributed by atoms with Crippen molar-refractivity contribution in [3.8, 4) is 0 Å². The number of ether oxygens (including phenoxy) is 1. The molecule has 0 rings (SSSR count).